The van der Waals surface area contributed by atoms with E-state index in [2.05, 4.69) is 132 Å². The van der Waals surface area contributed by atoms with Crippen molar-refractivity contribution in [2.45, 2.75) is 130 Å². The molecule has 2 aromatic rings. The number of nitrogens with zero attached hydrogens (tertiary/aromatic N) is 3. The van der Waals surface area contributed by atoms with E-state index in [1.165, 1.54) is 28.9 Å². The van der Waals surface area contributed by atoms with E-state index in [-0.39, 0.29) is 39.0 Å². The smallest absolute Gasteiger partial charge is 0.126 e. The molecule has 5 nitrogen and oxygen atoms in total. The fraction of sp³-hybridized carbons (Fsp3) is 0.579. The maximum atomic E-state index is 11.3. The quantitative estimate of drug-likeness (QED) is 0.198. The average molecular weight is 639 g/mol. The molecule has 44 heavy (non-hydrogen) atoms. The van der Waals surface area contributed by atoms with E-state index in [9.17, 15) is 10.2 Å². The molecule has 0 aromatic heterocycles. The molecule has 2 aromatic carbocycles. The molecule has 1 aliphatic rings. The first kappa shape index (κ1) is 39.4. The molecule has 0 bridgehead atoms. The molecule has 0 amide bonds. The zero-order chi connectivity index (χ0) is 33.0. The number of allylic oxidation sites excluding steroid dienone is 2. The van der Waals surface area contributed by atoms with Crippen LogP contribution in [0.15, 0.2) is 36.4 Å². The van der Waals surface area contributed by atoms with Crippen LogP contribution in [0.5, 0.6) is 11.5 Å². The van der Waals surface area contributed by atoms with Crippen LogP contribution in [0, 0.1) is 11.8 Å². The van der Waals surface area contributed by atoms with E-state index in [0.717, 1.165) is 35.1 Å². The number of phenolic OH excluding ortho intramolecular Hbond substituents is 2. The summed E-state index contributed by atoms with van der Waals surface area (Å²) in [5.41, 5.74) is 19.6. The van der Waals surface area contributed by atoms with E-state index >= 15 is 0 Å². The van der Waals surface area contributed by atoms with E-state index in [1.54, 1.807) is 0 Å². The maximum Gasteiger partial charge on any atom is 0.126 e. The molecule has 1 saturated carbocycles. The van der Waals surface area contributed by atoms with Gasteiger partial charge in [-0.25, -0.2) is 0 Å². The normalized spacial score (nSPS) is 18.0. The first-order valence-electron chi connectivity index (χ1n) is 15.7. The van der Waals surface area contributed by atoms with E-state index in [4.69, 9.17) is 11.1 Å². The second-order valence-electron chi connectivity index (χ2n) is 16.3. The van der Waals surface area contributed by atoms with Gasteiger partial charge in [0.15, 0.2) is 0 Å². The van der Waals surface area contributed by atoms with Crippen LogP contribution in [0.4, 0.5) is 0 Å². The topological polar surface area (TPSA) is 99.2 Å². The summed E-state index contributed by atoms with van der Waals surface area (Å²) >= 11 is 0. The minimum absolute atomic E-state index is 0. The van der Waals surface area contributed by atoms with Crippen LogP contribution in [0.2, 0.25) is 0 Å². The van der Waals surface area contributed by atoms with Crippen molar-refractivity contribution in [1.29, 1.82) is 0 Å². The third-order valence-corrected chi connectivity index (χ3v) is 8.55. The number of hydrogen-bond acceptors (Lipinski definition) is 2. The molecule has 2 N–H and O–H groups in total. The molecule has 3 rings (SSSR count). The molecule has 0 aliphatic heterocycles. The summed E-state index contributed by atoms with van der Waals surface area (Å²) in [4.78, 5) is 1.50. The Morgan fingerprint density at radius 1 is 0.591 bits per heavy atom. The van der Waals surface area contributed by atoms with Crippen molar-refractivity contribution < 1.29 is 27.6 Å². The Bertz CT molecular complexity index is 1260. The van der Waals surface area contributed by atoms with Gasteiger partial charge in [0.1, 0.15) is 11.5 Å². The van der Waals surface area contributed by atoms with Crippen molar-refractivity contribution in [3.8, 4) is 11.5 Å². The van der Waals surface area contributed by atoms with Crippen LogP contribution < -0.4 is 0 Å². The van der Waals surface area contributed by atoms with Crippen molar-refractivity contribution in [1.82, 2.24) is 0 Å². The molecule has 6 heteroatoms. The summed E-state index contributed by atoms with van der Waals surface area (Å²) in [6, 6.07) is 8.70. The van der Waals surface area contributed by atoms with Crippen LogP contribution in [-0.2, 0) is 39.0 Å². The predicted molar refractivity (Wildman–Crippen MR) is 185 cm³/mol. The summed E-state index contributed by atoms with van der Waals surface area (Å²) in [6.45, 7) is 26.4. The van der Waals surface area contributed by atoms with Crippen LogP contribution in [-0.4, -0.2) is 10.2 Å². The number of phenols is 2. The Balaban J connectivity index is 0.00000232. The van der Waals surface area contributed by atoms with Gasteiger partial charge in [-0.05, 0) is 69.6 Å². The fourth-order valence-electron chi connectivity index (χ4n) is 5.70. The van der Waals surface area contributed by atoms with Gasteiger partial charge >= 0.3 is 0 Å². The SMILES string of the molecule is CC(C)(C)c1cc(/C=C/[C@H]2CCCC[C@@H]2/C=C/c2cc(C(C)(C)C)cc(C(C)(C)C)c2O)c(O)c(C(C)(C)C)c1.[Cr].[N-]=[N+]=[N-]. The summed E-state index contributed by atoms with van der Waals surface area (Å²) in [7, 11) is 0. The molecule has 0 heterocycles. The van der Waals surface area contributed by atoms with Crippen LogP contribution in [0.3, 0.4) is 0 Å². The molecule has 2 atom stereocenters. The second-order valence-corrected chi connectivity index (χ2v) is 16.3. The number of aromatic hydroxyl groups is 2. The minimum Gasteiger partial charge on any atom is -0.507 e. The van der Waals surface area contributed by atoms with Gasteiger partial charge in [0.2, 0.25) is 0 Å². The number of hydrogen-bond donors (Lipinski definition) is 2. The monoisotopic (exact) mass is 638 g/mol. The van der Waals surface area contributed by atoms with Crippen molar-refractivity contribution >= 4 is 12.2 Å². The Hall–Kier alpha value is -2.64. The van der Waals surface area contributed by atoms with Crippen LogP contribution in [0.25, 0.3) is 28.1 Å². The van der Waals surface area contributed by atoms with E-state index < -0.39 is 0 Å². The summed E-state index contributed by atoms with van der Waals surface area (Å²) in [6.07, 6.45) is 13.7. The summed E-state index contributed by atoms with van der Waals surface area (Å²) < 4.78 is 0. The Kier molecular flexibility index (Phi) is 13.5. The van der Waals surface area contributed by atoms with Crippen molar-refractivity contribution in [3.63, 3.8) is 0 Å². The van der Waals surface area contributed by atoms with Gasteiger partial charge < -0.3 is 21.3 Å². The zero-order valence-corrected chi connectivity index (χ0v) is 30.5. The third kappa shape index (κ3) is 10.5. The Morgan fingerprint density at radius 3 is 1.14 bits per heavy atom. The molecular formula is C38H56CrN3O2-. The van der Waals surface area contributed by atoms with Gasteiger partial charge in [-0.15, -0.1) is 0 Å². The average Bonchev–Trinajstić information content (AvgIpc) is 2.85. The van der Waals surface area contributed by atoms with Gasteiger partial charge in [-0.2, -0.15) is 0 Å². The van der Waals surface area contributed by atoms with Gasteiger partial charge in [0, 0.05) is 39.6 Å². The van der Waals surface area contributed by atoms with Gasteiger partial charge in [-0.3, -0.25) is 4.91 Å². The van der Waals surface area contributed by atoms with Gasteiger partial charge in [-0.1, -0.05) is 132 Å². The maximum absolute atomic E-state index is 11.3. The molecule has 242 valence electrons. The Morgan fingerprint density at radius 2 is 0.886 bits per heavy atom. The minimum atomic E-state index is -0.139. The predicted octanol–water partition coefficient (Wildman–Crippen LogP) is 11.7. The van der Waals surface area contributed by atoms with Crippen molar-refractivity contribution in [3.05, 3.63) is 85.8 Å². The van der Waals surface area contributed by atoms with Crippen molar-refractivity contribution in [2.75, 3.05) is 0 Å². The molecular weight excluding hydrogens is 582 g/mol. The summed E-state index contributed by atoms with van der Waals surface area (Å²) in [5.74, 6) is 1.60. The largest absolute Gasteiger partial charge is 0.507 e. The van der Waals surface area contributed by atoms with Gasteiger partial charge in [0.05, 0.1) is 0 Å². The zero-order valence-electron chi connectivity index (χ0n) is 29.2. The first-order valence-corrected chi connectivity index (χ1v) is 15.7. The first-order chi connectivity index (χ1) is 19.6. The second kappa shape index (κ2) is 15.1. The van der Waals surface area contributed by atoms with Crippen LogP contribution >= 0.6 is 0 Å². The third-order valence-electron chi connectivity index (χ3n) is 8.55. The number of rotatable bonds is 4. The Labute approximate surface area is 278 Å². The van der Waals surface area contributed by atoms with Gasteiger partial charge in [0.25, 0.3) is 0 Å². The molecule has 1 fully saturated rings. The molecule has 0 spiro atoms. The molecule has 0 radical (unpaired) electrons. The van der Waals surface area contributed by atoms with Crippen LogP contribution in [0.1, 0.15) is 142 Å². The fourth-order valence-corrected chi connectivity index (χ4v) is 5.70. The molecule has 0 unspecified atom stereocenters. The van der Waals surface area contributed by atoms with E-state index in [0.29, 0.717) is 23.3 Å². The summed E-state index contributed by atoms with van der Waals surface area (Å²) in [5, 5.41) is 22.6. The van der Waals surface area contributed by atoms with E-state index in [1.807, 2.05) is 0 Å². The standard InChI is InChI=1S/C38H56O2.Cr.N3/c1-35(2,3)29-21-27(33(39)31(23-29)37(7,8)9)19-17-25-15-13-14-16-26(25)18-20-28-22-30(36(4,5)6)24-32(34(28)40)38(10,11)12;;1-3-2/h17-26,39-40H,13-16H2,1-12H3;;/q;;-1/b19-17+,20-18+;;/t25-,26-;;/m1../s1. The number of benzene rings is 2. The van der Waals surface area contributed by atoms with Crippen molar-refractivity contribution in [2.24, 2.45) is 11.8 Å². The molecule has 0 saturated heterocycles. The molecule has 1 aliphatic carbocycles.